The lowest BCUT2D eigenvalue weighted by atomic mass is 9.97. The third-order valence-corrected chi connectivity index (χ3v) is 10.3. The van der Waals surface area contributed by atoms with Crippen LogP contribution in [0.15, 0.2) is 152 Å². The summed E-state index contributed by atoms with van der Waals surface area (Å²) in [5, 5.41) is 11.9. The maximum atomic E-state index is 14.0. The topological polar surface area (TPSA) is 206 Å². The second-order valence-corrected chi connectivity index (χ2v) is 14.8. The van der Waals surface area contributed by atoms with Gasteiger partial charge in [-0.15, -0.1) is 0 Å². The van der Waals surface area contributed by atoms with E-state index >= 15 is 0 Å². The van der Waals surface area contributed by atoms with Gasteiger partial charge in [0.15, 0.2) is 24.6 Å². The van der Waals surface area contributed by atoms with Gasteiger partial charge in [0.2, 0.25) is 0 Å². The predicted molar refractivity (Wildman–Crippen MR) is 225 cm³/mol. The van der Waals surface area contributed by atoms with Crippen LogP contribution in [-0.2, 0) is 47.4 Å². The number of aliphatic hydroxyl groups excluding tert-OH is 1. The molecule has 2 heterocycles. The van der Waals surface area contributed by atoms with Crippen LogP contribution in [0.5, 0.6) is 0 Å². The van der Waals surface area contributed by atoms with Gasteiger partial charge in [0.25, 0.3) is 0 Å². The predicted octanol–water partition coefficient (Wildman–Crippen LogP) is 5.18. The number of ether oxygens (including phenoxy) is 9. The van der Waals surface area contributed by atoms with E-state index in [1.807, 2.05) is 0 Å². The molecule has 2 aliphatic heterocycles. The van der Waals surface area contributed by atoms with Crippen molar-refractivity contribution >= 4 is 35.8 Å². The van der Waals surface area contributed by atoms with Crippen LogP contribution in [0, 0.1) is 0 Å². The van der Waals surface area contributed by atoms with Crippen molar-refractivity contribution in [3.8, 4) is 0 Å². The summed E-state index contributed by atoms with van der Waals surface area (Å²) in [4.78, 5) is 80.1. The van der Waals surface area contributed by atoms with Crippen molar-refractivity contribution in [3.63, 3.8) is 0 Å². The monoisotopic (exact) mass is 888 g/mol. The summed E-state index contributed by atoms with van der Waals surface area (Å²) in [6.07, 6.45) is -14.2. The first kappa shape index (κ1) is 45.8. The summed E-state index contributed by atoms with van der Waals surface area (Å²) in [7, 11) is 0. The Balaban J connectivity index is 1.26. The van der Waals surface area contributed by atoms with E-state index in [-0.39, 0.29) is 27.8 Å². The molecule has 16 heteroatoms. The number of aliphatic hydroxyl groups is 1. The highest BCUT2D eigenvalue weighted by Gasteiger charge is 2.56. The van der Waals surface area contributed by atoms with Crippen molar-refractivity contribution in [2.45, 2.75) is 62.0 Å². The average molecular weight is 889 g/mol. The van der Waals surface area contributed by atoms with Crippen LogP contribution >= 0.6 is 0 Å². The maximum absolute atomic E-state index is 14.0. The molecule has 0 unspecified atom stereocenters. The third-order valence-electron chi connectivity index (χ3n) is 10.3. The SMILES string of the molecule is CC(=O)OC[C@@H]1O[C@@H](O[C@H]2[C@H](O)[C@@H](COC(=O)c3ccccc3)O[C@@H]2COC(=O)c2ccccc2)[C@H](OC(=O)c2ccccc2)[C@@H](OC(=O)c2ccccc2)[C@@H]1OC(=O)c1ccccc1. The van der Waals surface area contributed by atoms with E-state index in [1.54, 1.807) is 103 Å². The van der Waals surface area contributed by atoms with Crippen molar-refractivity contribution in [1.82, 2.24) is 0 Å². The first-order valence-corrected chi connectivity index (χ1v) is 20.6. The molecule has 5 aromatic rings. The van der Waals surface area contributed by atoms with Crippen LogP contribution in [0.3, 0.4) is 0 Å². The van der Waals surface area contributed by atoms with E-state index in [0.717, 1.165) is 6.92 Å². The van der Waals surface area contributed by atoms with Crippen molar-refractivity contribution < 1.29 is 76.5 Å². The second-order valence-electron chi connectivity index (χ2n) is 14.8. The molecule has 336 valence electrons. The molecule has 0 radical (unpaired) electrons. The van der Waals surface area contributed by atoms with Crippen LogP contribution in [0.4, 0.5) is 0 Å². The lowest BCUT2D eigenvalue weighted by molar-refractivity contribution is -0.316. The number of rotatable bonds is 16. The number of carbonyl (C=O) groups is 6. The molecule has 0 aliphatic carbocycles. The summed E-state index contributed by atoms with van der Waals surface area (Å²) >= 11 is 0. The van der Waals surface area contributed by atoms with Crippen LogP contribution in [0.2, 0.25) is 0 Å². The summed E-state index contributed by atoms with van der Waals surface area (Å²) < 4.78 is 53.7. The fraction of sp³-hybridized carbons (Fsp3) is 0.265. The van der Waals surface area contributed by atoms with Gasteiger partial charge in [0.05, 0.1) is 27.8 Å². The molecular weight excluding hydrogens is 845 g/mol. The zero-order valence-corrected chi connectivity index (χ0v) is 34.8. The Kier molecular flexibility index (Phi) is 15.4. The fourth-order valence-electron chi connectivity index (χ4n) is 7.06. The molecule has 65 heavy (non-hydrogen) atoms. The fourth-order valence-corrected chi connectivity index (χ4v) is 7.06. The standard InChI is InChI=1S/C49H44O16/c1-30(50)57-28-38-41(62-46(54)33-21-11-4-12-22-33)42(63-47(55)34-23-13-5-14-24-34)43(64-48(56)35-25-15-6-16-26-35)49(61-38)65-40-37(29-59-45(53)32-19-9-3-10-20-32)60-36(39(40)51)27-58-44(52)31-17-7-2-8-18-31/h2-26,36-43,49,51H,27-29H2,1H3/t36-,37-,38+,39-,40-,41-,42+,43-,49+/m1/s1. The molecule has 2 aliphatic rings. The minimum atomic E-state index is -1.83. The van der Waals surface area contributed by atoms with E-state index < -0.39 is 111 Å². The Hall–Kier alpha value is -7.24. The quantitative estimate of drug-likeness (QED) is 0.100. The van der Waals surface area contributed by atoms with Gasteiger partial charge in [0, 0.05) is 6.92 Å². The van der Waals surface area contributed by atoms with E-state index in [2.05, 4.69) is 0 Å². The van der Waals surface area contributed by atoms with Crippen molar-refractivity contribution in [3.05, 3.63) is 179 Å². The number of hydrogen-bond donors (Lipinski definition) is 1. The summed E-state index contributed by atoms with van der Waals surface area (Å²) in [6, 6.07) is 39.6. The lowest BCUT2D eigenvalue weighted by Crippen LogP contribution is -2.64. The van der Waals surface area contributed by atoms with Gasteiger partial charge in [-0.3, -0.25) is 4.79 Å². The van der Waals surface area contributed by atoms with E-state index in [0.29, 0.717) is 0 Å². The lowest BCUT2D eigenvalue weighted by Gasteiger charge is -2.45. The Morgan fingerprint density at radius 2 is 0.754 bits per heavy atom. The van der Waals surface area contributed by atoms with Gasteiger partial charge in [-0.2, -0.15) is 0 Å². The Morgan fingerprint density at radius 1 is 0.415 bits per heavy atom. The highest BCUT2D eigenvalue weighted by molar-refractivity contribution is 5.92. The molecule has 2 fully saturated rings. The van der Waals surface area contributed by atoms with Gasteiger partial charge < -0.3 is 47.7 Å². The molecule has 9 atom stereocenters. The largest absolute Gasteiger partial charge is 0.463 e. The molecule has 0 spiro atoms. The average Bonchev–Trinajstić information content (AvgIpc) is 3.64. The molecule has 5 aromatic carbocycles. The Morgan fingerprint density at radius 3 is 1.17 bits per heavy atom. The normalized spacial score (nSPS) is 23.6. The Bertz CT molecular complexity index is 2380. The van der Waals surface area contributed by atoms with Gasteiger partial charge >= 0.3 is 35.8 Å². The molecule has 0 aromatic heterocycles. The molecule has 2 saturated heterocycles. The highest BCUT2D eigenvalue weighted by Crippen LogP contribution is 2.35. The van der Waals surface area contributed by atoms with Crippen LogP contribution in [-0.4, -0.2) is 116 Å². The number of carbonyl (C=O) groups excluding carboxylic acids is 6. The molecule has 0 saturated carbocycles. The number of benzene rings is 5. The zero-order chi connectivity index (χ0) is 45.7. The smallest absolute Gasteiger partial charge is 0.338 e. The van der Waals surface area contributed by atoms with Gasteiger partial charge in [-0.1, -0.05) is 91.0 Å². The van der Waals surface area contributed by atoms with Crippen molar-refractivity contribution in [1.29, 1.82) is 0 Å². The molecule has 7 rings (SSSR count). The Labute approximate surface area is 372 Å². The van der Waals surface area contributed by atoms with Gasteiger partial charge in [-0.05, 0) is 60.7 Å². The van der Waals surface area contributed by atoms with Crippen molar-refractivity contribution in [2.75, 3.05) is 19.8 Å². The molecule has 0 bridgehead atoms. The minimum Gasteiger partial charge on any atom is -0.463 e. The number of esters is 6. The third kappa shape index (κ3) is 11.9. The summed E-state index contributed by atoms with van der Waals surface area (Å²) in [5.41, 5.74) is 0.683. The van der Waals surface area contributed by atoms with Crippen molar-refractivity contribution in [2.24, 2.45) is 0 Å². The van der Waals surface area contributed by atoms with Gasteiger partial charge in [-0.25, -0.2) is 24.0 Å². The zero-order valence-electron chi connectivity index (χ0n) is 34.8. The summed E-state index contributed by atoms with van der Waals surface area (Å²) in [5.74, 6) is -4.96. The van der Waals surface area contributed by atoms with Crippen LogP contribution < -0.4 is 0 Å². The van der Waals surface area contributed by atoms with E-state index in [4.69, 9.17) is 42.6 Å². The maximum Gasteiger partial charge on any atom is 0.338 e. The first-order valence-electron chi connectivity index (χ1n) is 20.6. The van der Waals surface area contributed by atoms with E-state index in [1.165, 1.54) is 48.5 Å². The number of hydrogen-bond acceptors (Lipinski definition) is 16. The van der Waals surface area contributed by atoms with Crippen LogP contribution in [0.1, 0.15) is 58.7 Å². The first-order chi connectivity index (χ1) is 31.5. The highest BCUT2D eigenvalue weighted by atomic mass is 16.8. The summed E-state index contributed by atoms with van der Waals surface area (Å²) in [6.45, 7) is -0.460. The molecular formula is C49H44O16. The molecule has 16 nitrogen and oxygen atoms in total. The van der Waals surface area contributed by atoms with E-state index in [9.17, 15) is 33.9 Å². The van der Waals surface area contributed by atoms with Crippen LogP contribution in [0.25, 0.3) is 0 Å². The molecule has 1 N–H and O–H groups in total. The molecule has 0 amide bonds. The second kappa shape index (κ2) is 21.9. The minimum absolute atomic E-state index is 0.0643. The van der Waals surface area contributed by atoms with Gasteiger partial charge in [0.1, 0.15) is 50.3 Å².